The molecule has 0 fully saturated rings. The number of hydrogen-bond donors (Lipinski definition) is 0. The summed E-state index contributed by atoms with van der Waals surface area (Å²) in [6.45, 7) is -2.51. The van der Waals surface area contributed by atoms with Crippen molar-refractivity contribution in [1.29, 1.82) is 0 Å². The van der Waals surface area contributed by atoms with Crippen molar-refractivity contribution in [1.82, 2.24) is 0 Å². The molecule has 0 aliphatic rings. The fourth-order valence-electron chi connectivity index (χ4n) is 1.52. The topological polar surface area (TPSA) is 43.4 Å². The Morgan fingerprint density at radius 2 is 1.89 bits per heavy atom. The third-order valence-corrected chi connectivity index (χ3v) is 2.15. The molecule has 0 atom stereocenters. The molecule has 0 bridgehead atoms. The fourth-order valence-corrected chi connectivity index (χ4v) is 1.52. The molecule has 3 nitrogen and oxygen atoms in total. The largest absolute Gasteiger partial charge is 0.435 e. The standard InChI is InChI=1S/C11H7F5O3/c1-5(18)9-6(4-17)2-7(19-10(12)13)3-8(9)11(14,15)16/h2-4,10H,1H3. The number of carbonyl (C=O) groups excluding carboxylic acids is 2. The Morgan fingerprint density at radius 1 is 1.32 bits per heavy atom. The second-order valence-electron chi connectivity index (χ2n) is 3.49. The van der Waals surface area contributed by atoms with Crippen molar-refractivity contribution in [2.75, 3.05) is 0 Å². The molecule has 1 rings (SSSR count). The van der Waals surface area contributed by atoms with Gasteiger partial charge in [-0.1, -0.05) is 0 Å². The Balaban J connectivity index is 3.55. The average Bonchev–Trinajstić information content (AvgIpc) is 2.25. The molecule has 0 aromatic heterocycles. The Kier molecular flexibility index (Phi) is 4.23. The van der Waals surface area contributed by atoms with E-state index in [4.69, 9.17) is 0 Å². The zero-order chi connectivity index (χ0) is 14.8. The van der Waals surface area contributed by atoms with Crippen LogP contribution in [0, 0.1) is 0 Å². The summed E-state index contributed by atoms with van der Waals surface area (Å²) in [7, 11) is 0. The lowest BCUT2D eigenvalue weighted by Gasteiger charge is -2.15. The molecule has 0 radical (unpaired) electrons. The van der Waals surface area contributed by atoms with Crippen LogP contribution in [-0.2, 0) is 6.18 Å². The van der Waals surface area contributed by atoms with E-state index in [0.717, 1.165) is 6.92 Å². The molecule has 0 unspecified atom stereocenters. The summed E-state index contributed by atoms with van der Waals surface area (Å²) in [4.78, 5) is 21.9. The summed E-state index contributed by atoms with van der Waals surface area (Å²) in [5.41, 5.74) is -3.01. The molecule has 0 aliphatic heterocycles. The molecule has 0 spiro atoms. The lowest BCUT2D eigenvalue weighted by atomic mass is 9.97. The monoisotopic (exact) mass is 282 g/mol. The number of Topliss-reactive ketones (excluding diaryl/α,β-unsaturated/α-hetero) is 1. The highest BCUT2D eigenvalue weighted by atomic mass is 19.4. The van der Waals surface area contributed by atoms with Crippen LogP contribution in [0.25, 0.3) is 0 Å². The number of ketones is 1. The predicted octanol–water partition coefficient (Wildman–Crippen LogP) is 3.32. The number of alkyl halides is 5. The van der Waals surface area contributed by atoms with Gasteiger partial charge in [-0.3, -0.25) is 9.59 Å². The SMILES string of the molecule is CC(=O)c1c(C=O)cc(OC(F)F)cc1C(F)(F)F. The van der Waals surface area contributed by atoms with Crippen LogP contribution in [0.2, 0.25) is 0 Å². The van der Waals surface area contributed by atoms with Gasteiger partial charge in [0.1, 0.15) is 5.75 Å². The van der Waals surface area contributed by atoms with E-state index < -0.39 is 41.0 Å². The van der Waals surface area contributed by atoms with Crippen LogP contribution in [0.1, 0.15) is 33.2 Å². The van der Waals surface area contributed by atoms with Crippen LogP contribution >= 0.6 is 0 Å². The number of hydrogen-bond acceptors (Lipinski definition) is 3. The van der Waals surface area contributed by atoms with Crippen LogP contribution in [0.4, 0.5) is 22.0 Å². The van der Waals surface area contributed by atoms with Crippen molar-refractivity contribution in [3.8, 4) is 5.75 Å². The number of aldehydes is 1. The van der Waals surface area contributed by atoms with E-state index in [1.54, 1.807) is 0 Å². The maximum Gasteiger partial charge on any atom is 0.417 e. The number of halogens is 5. The van der Waals surface area contributed by atoms with E-state index in [9.17, 15) is 31.5 Å². The van der Waals surface area contributed by atoms with Gasteiger partial charge in [-0.25, -0.2) is 0 Å². The lowest BCUT2D eigenvalue weighted by Crippen LogP contribution is -2.15. The third-order valence-electron chi connectivity index (χ3n) is 2.15. The van der Waals surface area contributed by atoms with Gasteiger partial charge in [0.25, 0.3) is 0 Å². The van der Waals surface area contributed by atoms with E-state index in [2.05, 4.69) is 4.74 Å². The second kappa shape index (κ2) is 5.33. The number of benzene rings is 1. The molecular formula is C11H7F5O3. The minimum atomic E-state index is -4.97. The van der Waals surface area contributed by atoms with Gasteiger partial charge >= 0.3 is 12.8 Å². The van der Waals surface area contributed by atoms with Gasteiger partial charge < -0.3 is 4.74 Å². The molecule has 8 heteroatoms. The van der Waals surface area contributed by atoms with Gasteiger partial charge in [-0.2, -0.15) is 22.0 Å². The zero-order valence-electron chi connectivity index (χ0n) is 9.42. The highest BCUT2D eigenvalue weighted by Gasteiger charge is 2.36. The first-order chi connectivity index (χ1) is 8.66. The maximum absolute atomic E-state index is 12.7. The van der Waals surface area contributed by atoms with Gasteiger partial charge in [0.05, 0.1) is 5.56 Å². The Hall–Kier alpha value is -1.99. The van der Waals surface area contributed by atoms with E-state index in [1.807, 2.05) is 0 Å². The average molecular weight is 282 g/mol. The van der Waals surface area contributed by atoms with Crippen LogP contribution in [0.15, 0.2) is 12.1 Å². The van der Waals surface area contributed by atoms with Crippen molar-refractivity contribution < 1.29 is 36.3 Å². The highest BCUT2D eigenvalue weighted by molar-refractivity contribution is 6.03. The predicted molar refractivity (Wildman–Crippen MR) is 53.5 cm³/mol. The normalized spacial score (nSPS) is 11.5. The van der Waals surface area contributed by atoms with Gasteiger partial charge in [0.15, 0.2) is 12.1 Å². The Morgan fingerprint density at radius 3 is 2.26 bits per heavy atom. The van der Waals surface area contributed by atoms with Gasteiger partial charge in [-0.05, 0) is 19.1 Å². The molecule has 0 saturated carbocycles. The summed E-state index contributed by atoms with van der Waals surface area (Å²) in [5.74, 6) is -1.84. The zero-order valence-corrected chi connectivity index (χ0v) is 9.42. The maximum atomic E-state index is 12.7. The second-order valence-corrected chi connectivity index (χ2v) is 3.49. The summed E-state index contributed by atoms with van der Waals surface area (Å²) in [6.07, 6.45) is -5.00. The number of rotatable bonds is 4. The van der Waals surface area contributed by atoms with Crippen molar-refractivity contribution in [3.63, 3.8) is 0 Å². The minimum absolute atomic E-state index is 0.0235. The first kappa shape index (κ1) is 15.1. The molecule has 1 aromatic rings. The first-order valence-corrected chi connectivity index (χ1v) is 4.83. The smallest absolute Gasteiger partial charge is 0.417 e. The van der Waals surface area contributed by atoms with E-state index in [0.29, 0.717) is 6.07 Å². The molecule has 0 aliphatic carbocycles. The van der Waals surface area contributed by atoms with Crippen LogP contribution in [0.5, 0.6) is 5.75 Å². The lowest BCUT2D eigenvalue weighted by molar-refractivity contribution is -0.138. The molecule has 0 heterocycles. The molecule has 104 valence electrons. The van der Waals surface area contributed by atoms with Crippen molar-refractivity contribution in [2.24, 2.45) is 0 Å². The fraction of sp³-hybridized carbons (Fsp3) is 0.273. The quantitative estimate of drug-likeness (QED) is 0.483. The Labute approximate surface area is 104 Å². The highest BCUT2D eigenvalue weighted by Crippen LogP contribution is 2.36. The Bertz CT molecular complexity index is 508. The summed E-state index contributed by atoms with van der Waals surface area (Å²) in [6, 6.07) is 0.918. The molecule has 0 amide bonds. The minimum Gasteiger partial charge on any atom is -0.435 e. The van der Waals surface area contributed by atoms with E-state index in [-0.39, 0.29) is 12.4 Å². The van der Waals surface area contributed by atoms with Crippen molar-refractivity contribution in [2.45, 2.75) is 19.7 Å². The van der Waals surface area contributed by atoms with Gasteiger partial charge in [-0.15, -0.1) is 0 Å². The van der Waals surface area contributed by atoms with Crippen LogP contribution < -0.4 is 4.74 Å². The van der Waals surface area contributed by atoms with Crippen molar-refractivity contribution >= 4 is 12.1 Å². The molecule has 0 N–H and O–H groups in total. The van der Waals surface area contributed by atoms with Crippen LogP contribution in [-0.4, -0.2) is 18.7 Å². The van der Waals surface area contributed by atoms with Gasteiger partial charge in [0, 0.05) is 11.1 Å². The van der Waals surface area contributed by atoms with Crippen molar-refractivity contribution in [3.05, 3.63) is 28.8 Å². The summed E-state index contributed by atoms with van der Waals surface area (Å²) >= 11 is 0. The summed E-state index contributed by atoms with van der Waals surface area (Å²) < 4.78 is 66.0. The molecule has 0 saturated heterocycles. The van der Waals surface area contributed by atoms with Crippen LogP contribution in [0.3, 0.4) is 0 Å². The van der Waals surface area contributed by atoms with Gasteiger partial charge in [0.2, 0.25) is 0 Å². The van der Waals surface area contributed by atoms with E-state index >= 15 is 0 Å². The molecule has 1 aromatic carbocycles. The van der Waals surface area contributed by atoms with E-state index in [1.165, 1.54) is 0 Å². The number of ether oxygens (including phenoxy) is 1. The molecular weight excluding hydrogens is 275 g/mol. The summed E-state index contributed by atoms with van der Waals surface area (Å²) in [5, 5.41) is 0. The number of carbonyl (C=O) groups is 2. The third kappa shape index (κ3) is 3.49. The molecule has 19 heavy (non-hydrogen) atoms. The first-order valence-electron chi connectivity index (χ1n) is 4.83.